The van der Waals surface area contributed by atoms with Gasteiger partial charge in [0.2, 0.25) is 0 Å². The van der Waals surface area contributed by atoms with Gasteiger partial charge in [0.05, 0.1) is 11.1 Å². The standard InChI is InChI=1S/C16H23ClFNO/c1-2-19-13(8-9-14-6-4-10-20-14)11-12-5-3-7-15(18)16(12)17/h3,5,7,13-14,19H,2,4,6,8-11H2,1H3. The van der Waals surface area contributed by atoms with Crippen LogP contribution in [-0.2, 0) is 11.2 Å². The third-order valence-electron chi connectivity index (χ3n) is 3.85. The number of nitrogens with one attached hydrogen (secondary N) is 1. The van der Waals surface area contributed by atoms with Gasteiger partial charge in [-0.25, -0.2) is 4.39 Å². The summed E-state index contributed by atoms with van der Waals surface area (Å²) in [4.78, 5) is 0. The summed E-state index contributed by atoms with van der Waals surface area (Å²) < 4.78 is 19.1. The van der Waals surface area contributed by atoms with Crippen molar-refractivity contribution >= 4 is 11.6 Å². The van der Waals surface area contributed by atoms with E-state index >= 15 is 0 Å². The minimum Gasteiger partial charge on any atom is -0.378 e. The van der Waals surface area contributed by atoms with E-state index in [9.17, 15) is 4.39 Å². The van der Waals surface area contributed by atoms with Gasteiger partial charge in [-0.1, -0.05) is 30.7 Å². The van der Waals surface area contributed by atoms with Crippen LogP contribution in [0.3, 0.4) is 0 Å². The molecule has 0 saturated carbocycles. The van der Waals surface area contributed by atoms with Gasteiger partial charge in [0.15, 0.2) is 0 Å². The van der Waals surface area contributed by atoms with Crippen LogP contribution in [0, 0.1) is 5.82 Å². The Labute approximate surface area is 125 Å². The van der Waals surface area contributed by atoms with Crippen LogP contribution in [-0.4, -0.2) is 25.3 Å². The SMILES string of the molecule is CCNC(CCC1CCCO1)Cc1cccc(F)c1Cl. The lowest BCUT2D eigenvalue weighted by atomic mass is 9.99. The fourth-order valence-corrected chi connectivity index (χ4v) is 3.00. The van der Waals surface area contributed by atoms with Gasteiger partial charge >= 0.3 is 0 Å². The second-order valence-electron chi connectivity index (χ2n) is 5.38. The molecule has 112 valence electrons. The average Bonchev–Trinajstić information content (AvgIpc) is 2.94. The smallest absolute Gasteiger partial charge is 0.142 e. The van der Waals surface area contributed by atoms with Gasteiger partial charge in [-0.05, 0) is 50.3 Å². The Kier molecular flexibility index (Phi) is 6.27. The molecule has 0 bridgehead atoms. The zero-order chi connectivity index (χ0) is 14.4. The van der Waals surface area contributed by atoms with Crippen molar-refractivity contribution in [2.75, 3.05) is 13.2 Å². The van der Waals surface area contributed by atoms with Crippen molar-refractivity contribution in [2.24, 2.45) is 0 Å². The highest BCUT2D eigenvalue weighted by Gasteiger charge is 2.18. The highest BCUT2D eigenvalue weighted by atomic mass is 35.5. The maximum atomic E-state index is 13.5. The van der Waals surface area contributed by atoms with E-state index in [0.29, 0.717) is 12.1 Å². The van der Waals surface area contributed by atoms with Gasteiger partial charge in [0.1, 0.15) is 5.82 Å². The van der Waals surface area contributed by atoms with Crippen LogP contribution in [0.2, 0.25) is 5.02 Å². The summed E-state index contributed by atoms with van der Waals surface area (Å²) in [6.07, 6.45) is 5.60. The van der Waals surface area contributed by atoms with Crippen LogP contribution in [0.25, 0.3) is 0 Å². The molecule has 0 aliphatic carbocycles. The lowest BCUT2D eigenvalue weighted by molar-refractivity contribution is 0.0996. The molecule has 1 N–H and O–H groups in total. The molecule has 1 aromatic carbocycles. The van der Waals surface area contributed by atoms with Gasteiger partial charge < -0.3 is 10.1 Å². The predicted octanol–water partition coefficient (Wildman–Crippen LogP) is 3.96. The van der Waals surface area contributed by atoms with E-state index in [0.717, 1.165) is 38.0 Å². The number of likely N-dealkylation sites (N-methyl/N-ethyl adjacent to an activating group) is 1. The summed E-state index contributed by atoms with van der Waals surface area (Å²) >= 11 is 6.04. The molecule has 1 fully saturated rings. The second kappa shape index (κ2) is 7.96. The van der Waals surface area contributed by atoms with Crippen molar-refractivity contribution in [3.05, 3.63) is 34.6 Å². The highest BCUT2D eigenvalue weighted by Crippen LogP contribution is 2.23. The van der Waals surface area contributed by atoms with Crippen molar-refractivity contribution in [1.82, 2.24) is 5.32 Å². The third-order valence-corrected chi connectivity index (χ3v) is 4.28. The Morgan fingerprint density at radius 1 is 1.50 bits per heavy atom. The van der Waals surface area contributed by atoms with Crippen molar-refractivity contribution in [3.8, 4) is 0 Å². The first-order valence-corrected chi connectivity index (χ1v) is 7.86. The molecule has 0 radical (unpaired) electrons. The van der Waals surface area contributed by atoms with Crippen LogP contribution in [0.4, 0.5) is 4.39 Å². The van der Waals surface area contributed by atoms with Crippen LogP contribution in [0.15, 0.2) is 18.2 Å². The molecular weight excluding hydrogens is 277 g/mol. The Morgan fingerprint density at radius 2 is 2.35 bits per heavy atom. The second-order valence-corrected chi connectivity index (χ2v) is 5.76. The number of ether oxygens (including phenoxy) is 1. The van der Waals surface area contributed by atoms with E-state index in [1.54, 1.807) is 6.07 Å². The zero-order valence-electron chi connectivity index (χ0n) is 12.0. The monoisotopic (exact) mass is 299 g/mol. The minimum atomic E-state index is -0.335. The molecule has 0 spiro atoms. The molecule has 1 aromatic rings. The largest absolute Gasteiger partial charge is 0.378 e. The van der Waals surface area contributed by atoms with Gasteiger partial charge in [0, 0.05) is 12.6 Å². The Hall–Kier alpha value is -0.640. The van der Waals surface area contributed by atoms with Gasteiger partial charge in [-0.15, -0.1) is 0 Å². The average molecular weight is 300 g/mol. The Balaban J connectivity index is 1.92. The van der Waals surface area contributed by atoms with Crippen molar-refractivity contribution in [2.45, 2.75) is 51.2 Å². The van der Waals surface area contributed by atoms with E-state index < -0.39 is 0 Å². The zero-order valence-corrected chi connectivity index (χ0v) is 12.8. The highest BCUT2D eigenvalue weighted by molar-refractivity contribution is 6.31. The fraction of sp³-hybridized carbons (Fsp3) is 0.625. The topological polar surface area (TPSA) is 21.3 Å². The van der Waals surface area contributed by atoms with E-state index in [4.69, 9.17) is 16.3 Å². The van der Waals surface area contributed by atoms with Crippen LogP contribution >= 0.6 is 11.6 Å². The summed E-state index contributed by atoms with van der Waals surface area (Å²) in [5.74, 6) is -0.335. The van der Waals surface area contributed by atoms with E-state index in [1.807, 2.05) is 6.07 Å². The molecule has 1 aliphatic heterocycles. The molecule has 1 heterocycles. The molecular formula is C16H23ClFNO. The molecule has 1 aliphatic rings. The van der Waals surface area contributed by atoms with E-state index in [2.05, 4.69) is 12.2 Å². The number of benzene rings is 1. The first-order chi connectivity index (χ1) is 9.70. The molecule has 2 rings (SSSR count). The number of halogens is 2. The summed E-state index contributed by atoms with van der Waals surface area (Å²) in [5.41, 5.74) is 0.880. The quantitative estimate of drug-likeness (QED) is 0.823. The van der Waals surface area contributed by atoms with Gasteiger partial charge in [-0.3, -0.25) is 0 Å². The van der Waals surface area contributed by atoms with Crippen LogP contribution < -0.4 is 5.32 Å². The lowest BCUT2D eigenvalue weighted by Gasteiger charge is -2.20. The molecule has 4 heteroatoms. The fourth-order valence-electron chi connectivity index (χ4n) is 2.80. The molecule has 2 nitrogen and oxygen atoms in total. The van der Waals surface area contributed by atoms with Crippen molar-refractivity contribution in [3.63, 3.8) is 0 Å². The Bertz CT molecular complexity index is 421. The summed E-state index contributed by atoms with van der Waals surface area (Å²) in [7, 11) is 0. The summed E-state index contributed by atoms with van der Waals surface area (Å²) in [6.45, 7) is 3.89. The van der Waals surface area contributed by atoms with E-state index in [1.165, 1.54) is 18.9 Å². The molecule has 0 aromatic heterocycles. The summed E-state index contributed by atoms with van der Waals surface area (Å²) in [5, 5.41) is 3.72. The number of hydrogen-bond donors (Lipinski definition) is 1. The first-order valence-electron chi connectivity index (χ1n) is 7.48. The molecule has 2 unspecified atom stereocenters. The lowest BCUT2D eigenvalue weighted by Crippen LogP contribution is -2.32. The molecule has 2 atom stereocenters. The normalized spacial score (nSPS) is 20.2. The van der Waals surface area contributed by atoms with Crippen LogP contribution in [0.1, 0.15) is 38.2 Å². The Morgan fingerprint density at radius 3 is 3.05 bits per heavy atom. The van der Waals surface area contributed by atoms with Gasteiger partial charge in [0.25, 0.3) is 0 Å². The number of hydrogen-bond acceptors (Lipinski definition) is 2. The van der Waals surface area contributed by atoms with Crippen molar-refractivity contribution < 1.29 is 9.13 Å². The van der Waals surface area contributed by atoms with Crippen molar-refractivity contribution in [1.29, 1.82) is 0 Å². The molecule has 1 saturated heterocycles. The van der Waals surface area contributed by atoms with Crippen LogP contribution in [0.5, 0.6) is 0 Å². The number of rotatable bonds is 7. The summed E-state index contributed by atoms with van der Waals surface area (Å²) in [6, 6.07) is 5.35. The van der Waals surface area contributed by atoms with E-state index in [-0.39, 0.29) is 10.8 Å². The first kappa shape index (κ1) is 15.7. The maximum absolute atomic E-state index is 13.5. The maximum Gasteiger partial charge on any atom is 0.142 e. The molecule has 20 heavy (non-hydrogen) atoms. The molecule has 0 amide bonds. The third kappa shape index (κ3) is 4.44. The minimum absolute atomic E-state index is 0.257. The van der Waals surface area contributed by atoms with Gasteiger partial charge in [-0.2, -0.15) is 0 Å². The predicted molar refractivity (Wildman–Crippen MR) is 80.8 cm³/mol.